The molecule has 0 aromatic heterocycles. The maximum atomic E-state index is 11.2. The van der Waals surface area contributed by atoms with E-state index in [1.54, 1.807) is 6.92 Å². The standard InChI is InChI=1S/C8H12O3/c1-5-3-4-8(2)7(9)10-6(5)11-8/h5-6H,3-4H2,1-2H3/t5-,6+,8-/m0/s1. The second kappa shape index (κ2) is 1.97. The molecule has 2 saturated heterocycles. The van der Waals surface area contributed by atoms with Crippen LogP contribution in [0, 0.1) is 5.92 Å². The van der Waals surface area contributed by atoms with E-state index in [-0.39, 0.29) is 12.3 Å². The Morgan fingerprint density at radius 2 is 2.36 bits per heavy atom. The Kier molecular flexibility index (Phi) is 1.27. The van der Waals surface area contributed by atoms with E-state index in [2.05, 4.69) is 0 Å². The lowest BCUT2D eigenvalue weighted by Gasteiger charge is -2.27. The Hall–Kier alpha value is -0.570. The molecule has 2 bridgehead atoms. The fourth-order valence-corrected chi connectivity index (χ4v) is 1.59. The summed E-state index contributed by atoms with van der Waals surface area (Å²) in [5.74, 6) is 0.168. The predicted octanol–water partition coefficient (Wildman–Crippen LogP) is 1.07. The van der Waals surface area contributed by atoms with Gasteiger partial charge in [-0.3, -0.25) is 0 Å². The zero-order valence-electron chi connectivity index (χ0n) is 6.79. The highest BCUT2D eigenvalue weighted by atomic mass is 16.8. The molecule has 0 amide bonds. The van der Waals surface area contributed by atoms with E-state index in [9.17, 15) is 4.79 Å². The van der Waals surface area contributed by atoms with E-state index in [0.29, 0.717) is 5.92 Å². The monoisotopic (exact) mass is 156 g/mol. The van der Waals surface area contributed by atoms with Crippen LogP contribution in [0.25, 0.3) is 0 Å². The summed E-state index contributed by atoms with van der Waals surface area (Å²) in [7, 11) is 0. The van der Waals surface area contributed by atoms with Crippen molar-refractivity contribution in [2.24, 2.45) is 5.92 Å². The highest BCUT2D eigenvalue weighted by molar-refractivity contribution is 5.80. The number of rotatable bonds is 0. The molecule has 3 heteroatoms. The van der Waals surface area contributed by atoms with E-state index in [4.69, 9.17) is 9.47 Å². The summed E-state index contributed by atoms with van der Waals surface area (Å²) in [6, 6.07) is 0. The number of carbonyl (C=O) groups is 1. The molecule has 3 nitrogen and oxygen atoms in total. The van der Waals surface area contributed by atoms with Crippen molar-refractivity contribution < 1.29 is 14.3 Å². The van der Waals surface area contributed by atoms with Crippen LogP contribution in [0.1, 0.15) is 26.7 Å². The summed E-state index contributed by atoms with van der Waals surface area (Å²) in [5, 5.41) is 0. The number of fused-ring (bicyclic) bond motifs is 2. The van der Waals surface area contributed by atoms with Crippen LogP contribution in [-0.2, 0) is 14.3 Å². The summed E-state index contributed by atoms with van der Waals surface area (Å²) in [6.07, 6.45) is 1.54. The topological polar surface area (TPSA) is 35.5 Å². The molecule has 0 saturated carbocycles. The average molecular weight is 156 g/mol. The van der Waals surface area contributed by atoms with Crippen molar-refractivity contribution >= 4 is 5.97 Å². The molecule has 2 aliphatic heterocycles. The molecule has 0 N–H and O–H groups in total. The Bertz CT molecular complexity index is 202. The smallest absolute Gasteiger partial charge is 0.340 e. The SMILES string of the molecule is C[C@H]1CC[C@]2(C)O[C@H]1OC2=O. The van der Waals surface area contributed by atoms with Crippen molar-refractivity contribution in [1.29, 1.82) is 0 Å². The number of hydrogen-bond acceptors (Lipinski definition) is 3. The third kappa shape index (κ3) is 0.872. The molecule has 11 heavy (non-hydrogen) atoms. The molecule has 0 aromatic carbocycles. The number of hydrogen-bond donors (Lipinski definition) is 0. The highest BCUT2D eigenvalue weighted by Crippen LogP contribution is 2.39. The summed E-state index contributed by atoms with van der Waals surface area (Å²) < 4.78 is 10.5. The minimum Gasteiger partial charge on any atom is -0.433 e. The van der Waals surface area contributed by atoms with Crippen molar-refractivity contribution in [2.45, 2.75) is 38.6 Å². The molecule has 2 aliphatic rings. The molecular formula is C8H12O3. The summed E-state index contributed by atoms with van der Waals surface area (Å²) >= 11 is 0. The van der Waals surface area contributed by atoms with Crippen LogP contribution in [0.3, 0.4) is 0 Å². The summed E-state index contributed by atoms with van der Waals surface area (Å²) in [5.41, 5.74) is -0.628. The van der Waals surface area contributed by atoms with Gasteiger partial charge in [0.15, 0.2) is 5.60 Å². The number of carbonyl (C=O) groups excluding carboxylic acids is 1. The summed E-state index contributed by atoms with van der Waals surface area (Å²) in [4.78, 5) is 11.2. The van der Waals surface area contributed by atoms with Crippen LogP contribution in [0.15, 0.2) is 0 Å². The van der Waals surface area contributed by atoms with Gasteiger partial charge >= 0.3 is 5.97 Å². The van der Waals surface area contributed by atoms with Crippen molar-refractivity contribution in [1.82, 2.24) is 0 Å². The van der Waals surface area contributed by atoms with Gasteiger partial charge in [0.1, 0.15) is 0 Å². The maximum Gasteiger partial charge on any atom is 0.340 e. The van der Waals surface area contributed by atoms with Gasteiger partial charge in [-0.05, 0) is 19.8 Å². The molecule has 0 aliphatic carbocycles. The summed E-state index contributed by atoms with van der Waals surface area (Å²) in [6.45, 7) is 3.85. The maximum absolute atomic E-state index is 11.2. The minimum atomic E-state index is -0.628. The third-order valence-electron chi connectivity index (χ3n) is 2.57. The van der Waals surface area contributed by atoms with Crippen LogP contribution >= 0.6 is 0 Å². The second-order valence-electron chi connectivity index (χ2n) is 3.64. The molecule has 0 aromatic rings. The lowest BCUT2D eigenvalue weighted by molar-refractivity contribution is -0.148. The average Bonchev–Trinajstić information content (AvgIpc) is 2.20. The Balaban J connectivity index is 2.24. The molecule has 3 atom stereocenters. The van der Waals surface area contributed by atoms with Crippen LogP contribution < -0.4 is 0 Å². The molecule has 62 valence electrons. The van der Waals surface area contributed by atoms with Crippen LogP contribution in [0.2, 0.25) is 0 Å². The fourth-order valence-electron chi connectivity index (χ4n) is 1.59. The molecule has 2 fully saturated rings. The molecule has 2 rings (SSSR count). The van der Waals surface area contributed by atoms with Gasteiger partial charge in [-0.15, -0.1) is 0 Å². The minimum absolute atomic E-state index is 0.188. The predicted molar refractivity (Wildman–Crippen MR) is 37.8 cm³/mol. The van der Waals surface area contributed by atoms with E-state index in [1.807, 2.05) is 6.92 Å². The van der Waals surface area contributed by atoms with Crippen molar-refractivity contribution in [3.05, 3.63) is 0 Å². The normalized spacial score (nSPS) is 49.1. The van der Waals surface area contributed by atoms with Gasteiger partial charge in [0.25, 0.3) is 0 Å². The van der Waals surface area contributed by atoms with Crippen molar-refractivity contribution in [2.75, 3.05) is 0 Å². The van der Waals surface area contributed by atoms with Gasteiger partial charge in [-0.2, -0.15) is 0 Å². The van der Waals surface area contributed by atoms with E-state index >= 15 is 0 Å². The Morgan fingerprint density at radius 3 is 3.00 bits per heavy atom. The third-order valence-corrected chi connectivity index (χ3v) is 2.57. The fraction of sp³-hybridized carbons (Fsp3) is 0.875. The first-order chi connectivity index (χ1) is 5.12. The first kappa shape index (κ1) is 7.10. The van der Waals surface area contributed by atoms with Gasteiger partial charge in [-0.25, -0.2) is 4.79 Å². The molecule has 0 spiro atoms. The van der Waals surface area contributed by atoms with Gasteiger partial charge in [-0.1, -0.05) is 6.92 Å². The van der Waals surface area contributed by atoms with Crippen molar-refractivity contribution in [3.63, 3.8) is 0 Å². The van der Waals surface area contributed by atoms with E-state index in [0.717, 1.165) is 12.8 Å². The lowest BCUT2D eigenvalue weighted by atomic mass is 9.92. The first-order valence-electron chi connectivity index (χ1n) is 4.01. The van der Waals surface area contributed by atoms with E-state index < -0.39 is 5.60 Å². The molecule has 2 heterocycles. The first-order valence-corrected chi connectivity index (χ1v) is 4.01. The highest BCUT2D eigenvalue weighted by Gasteiger charge is 2.51. The largest absolute Gasteiger partial charge is 0.433 e. The zero-order valence-corrected chi connectivity index (χ0v) is 6.79. The molecular weight excluding hydrogens is 144 g/mol. The van der Waals surface area contributed by atoms with Gasteiger partial charge < -0.3 is 9.47 Å². The van der Waals surface area contributed by atoms with Gasteiger partial charge in [0.05, 0.1) is 0 Å². The molecule has 0 unspecified atom stereocenters. The lowest BCUT2D eigenvalue weighted by Crippen LogP contribution is -2.37. The molecule has 0 radical (unpaired) electrons. The second-order valence-corrected chi connectivity index (χ2v) is 3.64. The van der Waals surface area contributed by atoms with Gasteiger partial charge in [0, 0.05) is 5.92 Å². The zero-order chi connectivity index (χ0) is 8.06. The van der Waals surface area contributed by atoms with Crippen LogP contribution in [-0.4, -0.2) is 17.9 Å². The van der Waals surface area contributed by atoms with Crippen molar-refractivity contribution in [3.8, 4) is 0 Å². The number of ether oxygens (including phenoxy) is 2. The van der Waals surface area contributed by atoms with Crippen LogP contribution in [0.4, 0.5) is 0 Å². The van der Waals surface area contributed by atoms with Gasteiger partial charge in [0.2, 0.25) is 6.29 Å². The Morgan fingerprint density at radius 1 is 1.64 bits per heavy atom. The Labute approximate surface area is 65.7 Å². The number of esters is 1. The van der Waals surface area contributed by atoms with Crippen LogP contribution in [0.5, 0.6) is 0 Å². The quantitative estimate of drug-likeness (QED) is 0.492. The van der Waals surface area contributed by atoms with E-state index in [1.165, 1.54) is 0 Å².